The summed E-state index contributed by atoms with van der Waals surface area (Å²) in [5, 5.41) is 0. The lowest BCUT2D eigenvalue weighted by atomic mass is 10.0. The second kappa shape index (κ2) is 8.76. The van der Waals surface area contributed by atoms with Crippen LogP contribution in [-0.4, -0.2) is 60.9 Å². The van der Waals surface area contributed by atoms with E-state index in [1.54, 1.807) is 0 Å². The van der Waals surface area contributed by atoms with Crippen LogP contribution in [0.25, 0.3) is 0 Å². The van der Waals surface area contributed by atoms with Crippen LogP contribution in [0.4, 0.5) is 5.69 Å². The second-order valence-electron chi connectivity index (χ2n) is 7.77. The van der Waals surface area contributed by atoms with Gasteiger partial charge in [-0.15, -0.1) is 0 Å². The molecule has 2 amide bonds. The van der Waals surface area contributed by atoms with Crippen molar-refractivity contribution in [2.24, 2.45) is 5.73 Å². The van der Waals surface area contributed by atoms with Crippen LogP contribution >= 0.6 is 0 Å². The summed E-state index contributed by atoms with van der Waals surface area (Å²) < 4.78 is 0. The summed E-state index contributed by atoms with van der Waals surface area (Å²) in [5.74, 6) is 0.0880. The van der Waals surface area contributed by atoms with Crippen LogP contribution in [0.15, 0.2) is 54.6 Å². The van der Waals surface area contributed by atoms with Crippen molar-refractivity contribution in [1.29, 1.82) is 0 Å². The molecule has 0 radical (unpaired) electrons. The Labute approximate surface area is 171 Å². The Morgan fingerprint density at radius 2 is 1.59 bits per heavy atom. The van der Waals surface area contributed by atoms with E-state index in [2.05, 4.69) is 11.0 Å². The van der Waals surface area contributed by atoms with Gasteiger partial charge in [0.1, 0.15) is 6.04 Å². The SMILES string of the molecule is NC(C(=O)N1CCN(CC(=O)N2CCCc3ccccc32)CC1)c1ccccc1. The molecule has 1 atom stereocenters. The number of para-hydroxylation sites is 1. The van der Waals surface area contributed by atoms with Crippen molar-refractivity contribution in [1.82, 2.24) is 9.80 Å². The topological polar surface area (TPSA) is 69.9 Å². The molecule has 0 aliphatic carbocycles. The van der Waals surface area contributed by atoms with E-state index in [4.69, 9.17) is 5.73 Å². The summed E-state index contributed by atoms with van der Waals surface area (Å²) in [6.45, 7) is 3.75. The van der Waals surface area contributed by atoms with Crippen LogP contribution in [-0.2, 0) is 16.0 Å². The molecule has 2 heterocycles. The maximum Gasteiger partial charge on any atom is 0.244 e. The molecule has 1 saturated heterocycles. The molecule has 2 aromatic rings. The lowest BCUT2D eigenvalue weighted by molar-refractivity contribution is -0.134. The minimum atomic E-state index is -0.630. The number of rotatable bonds is 4. The van der Waals surface area contributed by atoms with Gasteiger partial charge in [0.05, 0.1) is 6.54 Å². The zero-order chi connectivity index (χ0) is 20.2. The number of carbonyl (C=O) groups is 2. The summed E-state index contributed by atoms with van der Waals surface area (Å²) in [6, 6.07) is 17.0. The van der Waals surface area contributed by atoms with E-state index in [9.17, 15) is 9.59 Å². The summed E-state index contributed by atoms with van der Waals surface area (Å²) in [7, 11) is 0. The number of amides is 2. The maximum absolute atomic E-state index is 12.9. The quantitative estimate of drug-likeness (QED) is 0.862. The molecule has 0 spiro atoms. The molecule has 0 bridgehead atoms. The summed E-state index contributed by atoms with van der Waals surface area (Å²) in [5.41, 5.74) is 9.29. The van der Waals surface area contributed by atoms with Gasteiger partial charge < -0.3 is 15.5 Å². The highest BCUT2D eigenvalue weighted by molar-refractivity contribution is 5.96. The van der Waals surface area contributed by atoms with Crippen molar-refractivity contribution in [2.75, 3.05) is 44.2 Å². The fraction of sp³-hybridized carbons (Fsp3) is 0.391. The van der Waals surface area contributed by atoms with Gasteiger partial charge in [-0.2, -0.15) is 0 Å². The minimum absolute atomic E-state index is 0.0489. The first-order valence-electron chi connectivity index (χ1n) is 10.3. The van der Waals surface area contributed by atoms with Gasteiger partial charge in [0, 0.05) is 38.4 Å². The maximum atomic E-state index is 12.9. The van der Waals surface area contributed by atoms with Crippen molar-refractivity contribution >= 4 is 17.5 Å². The van der Waals surface area contributed by atoms with E-state index in [1.807, 2.05) is 58.3 Å². The van der Waals surface area contributed by atoms with Crippen molar-refractivity contribution in [2.45, 2.75) is 18.9 Å². The number of carbonyl (C=O) groups excluding carboxylic acids is 2. The number of piperazine rings is 1. The van der Waals surface area contributed by atoms with Crippen molar-refractivity contribution in [3.8, 4) is 0 Å². The molecule has 6 nitrogen and oxygen atoms in total. The fourth-order valence-corrected chi connectivity index (χ4v) is 4.20. The van der Waals surface area contributed by atoms with Gasteiger partial charge in [0.2, 0.25) is 11.8 Å². The van der Waals surface area contributed by atoms with Gasteiger partial charge in [0.15, 0.2) is 0 Å². The number of aryl methyl sites for hydroxylation is 1. The largest absolute Gasteiger partial charge is 0.338 e. The van der Waals surface area contributed by atoms with Gasteiger partial charge in [-0.25, -0.2) is 0 Å². The van der Waals surface area contributed by atoms with E-state index in [-0.39, 0.29) is 11.8 Å². The molecule has 2 aliphatic rings. The molecular weight excluding hydrogens is 364 g/mol. The molecule has 2 aliphatic heterocycles. The average molecular weight is 393 g/mol. The Kier molecular flexibility index (Phi) is 5.92. The second-order valence-corrected chi connectivity index (χ2v) is 7.77. The molecule has 6 heteroatoms. The number of nitrogens with zero attached hydrogens (tertiary/aromatic N) is 3. The number of hydrogen-bond donors (Lipinski definition) is 1. The predicted octanol–water partition coefficient (Wildman–Crippen LogP) is 1.81. The molecule has 2 aromatic carbocycles. The molecule has 2 N–H and O–H groups in total. The molecular formula is C23H28N4O2. The van der Waals surface area contributed by atoms with E-state index in [0.29, 0.717) is 32.7 Å². The smallest absolute Gasteiger partial charge is 0.244 e. The highest BCUT2D eigenvalue weighted by Gasteiger charge is 2.29. The third-order valence-electron chi connectivity index (χ3n) is 5.88. The normalized spacial score (nSPS) is 18.2. The molecule has 152 valence electrons. The lowest BCUT2D eigenvalue weighted by Crippen LogP contribution is -2.53. The summed E-state index contributed by atoms with van der Waals surface area (Å²) >= 11 is 0. The first-order chi connectivity index (χ1) is 14.1. The third-order valence-corrected chi connectivity index (χ3v) is 5.88. The summed E-state index contributed by atoms with van der Waals surface area (Å²) in [6.07, 6.45) is 2.03. The zero-order valence-electron chi connectivity index (χ0n) is 16.7. The predicted molar refractivity (Wildman–Crippen MR) is 114 cm³/mol. The number of hydrogen-bond acceptors (Lipinski definition) is 4. The van der Waals surface area contributed by atoms with Gasteiger partial charge in [-0.05, 0) is 30.0 Å². The molecule has 29 heavy (non-hydrogen) atoms. The first-order valence-corrected chi connectivity index (χ1v) is 10.3. The number of benzene rings is 2. The minimum Gasteiger partial charge on any atom is -0.338 e. The Morgan fingerprint density at radius 3 is 2.34 bits per heavy atom. The molecule has 1 unspecified atom stereocenters. The standard InChI is InChI=1S/C23H28N4O2/c24-22(19-8-2-1-3-9-19)23(29)26-15-13-25(14-16-26)17-21(28)27-12-6-10-18-7-4-5-11-20(18)27/h1-5,7-9,11,22H,6,10,12-17,24H2. The van der Waals surface area contributed by atoms with Crippen LogP contribution in [0.1, 0.15) is 23.6 Å². The van der Waals surface area contributed by atoms with Crippen LogP contribution in [0.5, 0.6) is 0 Å². The van der Waals surface area contributed by atoms with Crippen molar-refractivity contribution in [3.63, 3.8) is 0 Å². The third kappa shape index (κ3) is 4.33. The van der Waals surface area contributed by atoms with E-state index in [0.717, 1.165) is 30.6 Å². The van der Waals surface area contributed by atoms with Crippen LogP contribution in [0.3, 0.4) is 0 Å². The molecule has 0 aromatic heterocycles. The van der Waals surface area contributed by atoms with Crippen molar-refractivity contribution < 1.29 is 9.59 Å². The fourth-order valence-electron chi connectivity index (χ4n) is 4.20. The van der Waals surface area contributed by atoms with E-state index < -0.39 is 6.04 Å². The Balaban J connectivity index is 1.31. The molecule has 1 fully saturated rings. The highest BCUT2D eigenvalue weighted by atomic mass is 16.2. The Bertz CT molecular complexity index is 862. The number of fused-ring (bicyclic) bond motifs is 1. The molecule has 4 rings (SSSR count). The highest BCUT2D eigenvalue weighted by Crippen LogP contribution is 2.27. The Hall–Kier alpha value is -2.70. The van der Waals surface area contributed by atoms with Gasteiger partial charge >= 0.3 is 0 Å². The first kappa shape index (κ1) is 19.6. The number of anilines is 1. The Morgan fingerprint density at radius 1 is 0.897 bits per heavy atom. The van der Waals surface area contributed by atoms with Crippen LogP contribution in [0.2, 0.25) is 0 Å². The van der Waals surface area contributed by atoms with Gasteiger partial charge in [-0.1, -0.05) is 48.5 Å². The lowest BCUT2D eigenvalue weighted by Gasteiger charge is -2.37. The van der Waals surface area contributed by atoms with Gasteiger partial charge in [-0.3, -0.25) is 14.5 Å². The van der Waals surface area contributed by atoms with E-state index >= 15 is 0 Å². The van der Waals surface area contributed by atoms with Crippen LogP contribution < -0.4 is 10.6 Å². The average Bonchev–Trinajstić information content (AvgIpc) is 2.78. The monoisotopic (exact) mass is 392 g/mol. The molecule has 0 saturated carbocycles. The van der Waals surface area contributed by atoms with Crippen LogP contribution in [0, 0.1) is 0 Å². The van der Waals surface area contributed by atoms with E-state index in [1.165, 1.54) is 5.56 Å². The zero-order valence-corrected chi connectivity index (χ0v) is 16.7. The van der Waals surface area contributed by atoms with Crippen molar-refractivity contribution in [3.05, 3.63) is 65.7 Å². The number of nitrogens with two attached hydrogens (primary N) is 1. The summed E-state index contributed by atoms with van der Waals surface area (Å²) in [4.78, 5) is 31.5. The van der Waals surface area contributed by atoms with Gasteiger partial charge in [0.25, 0.3) is 0 Å².